The van der Waals surface area contributed by atoms with Crippen molar-refractivity contribution < 1.29 is 19.3 Å². The highest BCUT2D eigenvalue weighted by atomic mass is 19.1. The fourth-order valence-corrected chi connectivity index (χ4v) is 2.76. The van der Waals surface area contributed by atoms with Crippen molar-refractivity contribution in [3.63, 3.8) is 0 Å². The minimum atomic E-state index is -0.666. The molecule has 1 unspecified atom stereocenters. The molecule has 1 saturated carbocycles. The van der Waals surface area contributed by atoms with Gasteiger partial charge in [0, 0.05) is 17.6 Å². The van der Waals surface area contributed by atoms with E-state index in [1.165, 1.54) is 6.07 Å². The Morgan fingerprint density at radius 1 is 1.29 bits per heavy atom. The third-order valence-corrected chi connectivity index (χ3v) is 4.10. The first-order valence-electron chi connectivity index (χ1n) is 7.50. The maximum absolute atomic E-state index is 13.4. The summed E-state index contributed by atoms with van der Waals surface area (Å²) >= 11 is 0. The van der Waals surface area contributed by atoms with E-state index in [2.05, 4.69) is 5.32 Å². The van der Waals surface area contributed by atoms with Crippen molar-refractivity contribution in [2.45, 2.75) is 43.9 Å². The first-order valence-corrected chi connectivity index (χ1v) is 7.50. The quantitative estimate of drug-likeness (QED) is 0.682. The summed E-state index contributed by atoms with van der Waals surface area (Å²) in [4.78, 5) is 0. The second-order valence-corrected chi connectivity index (χ2v) is 5.79. The second kappa shape index (κ2) is 7.84. The van der Waals surface area contributed by atoms with Crippen molar-refractivity contribution in [3.8, 4) is 0 Å². The minimum absolute atomic E-state index is 0.0931. The molecule has 3 N–H and O–H groups in total. The number of hydrogen-bond acceptors (Lipinski definition) is 4. The van der Waals surface area contributed by atoms with Gasteiger partial charge in [-0.05, 0) is 18.9 Å². The Balaban J connectivity index is 1.68. The summed E-state index contributed by atoms with van der Waals surface area (Å²) in [6, 6.07) is 6.44. The highest BCUT2D eigenvalue weighted by Crippen LogP contribution is 2.28. The molecule has 5 heteroatoms. The van der Waals surface area contributed by atoms with Gasteiger partial charge in [0.25, 0.3) is 0 Å². The van der Waals surface area contributed by atoms with Gasteiger partial charge in [-0.25, -0.2) is 4.39 Å². The largest absolute Gasteiger partial charge is 0.394 e. The summed E-state index contributed by atoms with van der Waals surface area (Å²) in [7, 11) is 0. The number of aliphatic hydroxyl groups is 2. The molecule has 1 aliphatic carbocycles. The van der Waals surface area contributed by atoms with E-state index < -0.39 is 6.10 Å². The lowest BCUT2D eigenvalue weighted by Crippen LogP contribution is -2.49. The molecule has 1 fully saturated rings. The van der Waals surface area contributed by atoms with Crippen LogP contribution in [0, 0.1) is 5.82 Å². The Morgan fingerprint density at radius 2 is 2.00 bits per heavy atom. The molecule has 21 heavy (non-hydrogen) atoms. The predicted octanol–water partition coefficient (Wildman–Crippen LogP) is 1.60. The van der Waals surface area contributed by atoms with Gasteiger partial charge in [-0.1, -0.05) is 31.0 Å². The predicted molar refractivity (Wildman–Crippen MR) is 78.4 cm³/mol. The Labute approximate surface area is 124 Å². The third-order valence-electron chi connectivity index (χ3n) is 4.10. The lowest BCUT2D eigenvalue weighted by atomic mass is 9.99. The molecule has 1 aromatic rings. The van der Waals surface area contributed by atoms with E-state index in [0.717, 1.165) is 25.7 Å². The van der Waals surface area contributed by atoms with Crippen molar-refractivity contribution >= 4 is 0 Å². The van der Waals surface area contributed by atoms with Crippen LogP contribution in [0.15, 0.2) is 24.3 Å². The average Bonchev–Trinajstić information content (AvgIpc) is 2.97. The van der Waals surface area contributed by atoms with Crippen LogP contribution >= 0.6 is 0 Å². The van der Waals surface area contributed by atoms with Crippen LogP contribution in [0.5, 0.6) is 0 Å². The topological polar surface area (TPSA) is 61.7 Å². The molecule has 4 nitrogen and oxygen atoms in total. The number of ether oxygens (including phenoxy) is 1. The summed E-state index contributed by atoms with van der Waals surface area (Å²) in [5, 5.41) is 22.6. The van der Waals surface area contributed by atoms with Crippen molar-refractivity contribution in [2.75, 3.05) is 19.8 Å². The van der Waals surface area contributed by atoms with Gasteiger partial charge in [0.15, 0.2) is 0 Å². The first kappa shape index (κ1) is 16.4. The molecule has 0 aromatic heterocycles. The van der Waals surface area contributed by atoms with Crippen LogP contribution in [0.4, 0.5) is 4.39 Å². The smallest absolute Gasteiger partial charge is 0.128 e. The lowest BCUT2D eigenvalue weighted by molar-refractivity contribution is 0.0212. The summed E-state index contributed by atoms with van der Waals surface area (Å²) in [6.07, 6.45) is 3.42. The van der Waals surface area contributed by atoms with Crippen molar-refractivity contribution in [3.05, 3.63) is 35.6 Å². The third kappa shape index (κ3) is 4.74. The van der Waals surface area contributed by atoms with Crippen LogP contribution in [0.2, 0.25) is 0 Å². The standard InChI is InChI=1S/C16H24FNO3/c17-15-6-2-1-5-13(15)10-21-11-14(20)9-18-16(12-19)7-3-4-8-16/h1-2,5-6,14,18-20H,3-4,7-12H2. The van der Waals surface area contributed by atoms with Crippen LogP contribution in [-0.4, -0.2) is 41.6 Å². The van der Waals surface area contributed by atoms with Gasteiger partial charge in [-0.2, -0.15) is 0 Å². The monoisotopic (exact) mass is 297 g/mol. The Bertz CT molecular complexity index is 435. The van der Waals surface area contributed by atoms with Gasteiger partial charge in [-0.3, -0.25) is 0 Å². The molecular formula is C16H24FNO3. The molecule has 0 bridgehead atoms. The van der Waals surface area contributed by atoms with Gasteiger partial charge in [0.2, 0.25) is 0 Å². The summed E-state index contributed by atoms with van der Waals surface area (Å²) in [5.41, 5.74) is 0.243. The molecule has 0 radical (unpaired) electrons. The maximum Gasteiger partial charge on any atom is 0.128 e. The fraction of sp³-hybridized carbons (Fsp3) is 0.625. The second-order valence-electron chi connectivity index (χ2n) is 5.79. The minimum Gasteiger partial charge on any atom is -0.394 e. The number of hydrogen-bond donors (Lipinski definition) is 3. The molecule has 118 valence electrons. The molecule has 0 spiro atoms. The van der Waals surface area contributed by atoms with E-state index >= 15 is 0 Å². The van der Waals surface area contributed by atoms with Gasteiger partial charge in [-0.15, -0.1) is 0 Å². The zero-order valence-electron chi connectivity index (χ0n) is 12.2. The van der Waals surface area contributed by atoms with E-state index in [1.807, 2.05) is 0 Å². The Hall–Kier alpha value is -1.01. The zero-order valence-corrected chi connectivity index (χ0v) is 12.2. The lowest BCUT2D eigenvalue weighted by Gasteiger charge is -2.29. The van der Waals surface area contributed by atoms with Crippen LogP contribution in [-0.2, 0) is 11.3 Å². The number of aliphatic hydroxyl groups excluding tert-OH is 2. The number of rotatable bonds is 8. The normalized spacial score (nSPS) is 18.8. The molecule has 0 heterocycles. The van der Waals surface area contributed by atoms with E-state index in [4.69, 9.17) is 4.74 Å². The number of halogens is 1. The van der Waals surface area contributed by atoms with Gasteiger partial charge < -0.3 is 20.3 Å². The highest BCUT2D eigenvalue weighted by Gasteiger charge is 2.32. The number of benzene rings is 1. The SMILES string of the molecule is OCC1(NCC(O)COCc2ccccc2F)CCCC1. The van der Waals surface area contributed by atoms with Crippen LogP contribution < -0.4 is 5.32 Å². The average molecular weight is 297 g/mol. The van der Waals surface area contributed by atoms with E-state index in [-0.39, 0.29) is 31.2 Å². The van der Waals surface area contributed by atoms with E-state index in [1.54, 1.807) is 18.2 Å². The van der Waals surface area contributed by atoms with Crippen molar-refractivity contribution in [1.82, 2.24) is 5.32 Å². The Morgan fingerprint density at radius 3 is 2.67 bits per heavy atom. The maximum atomic E-state index is 13.4. The summed E-state index contributed by atoms with van der Waals surface area (Å²) in [5.74, 6) is -0.296. The number of β-amino-alcohol motifs (C(OH)–C–C–N with tert-alkyl or cyclic N) is 1. The molecule has 0 saturated heterocycles. The van der Waals surface area contributed by atoms with Gasteiger partial charge in [0.05, 0.1) is 25.9 Å². The van der Waals surface area contributed by atoms with Crippen LogP contribution in [0.3, 0.4) is 0 Å². The fourth-order valence-electron chi connectivity index (χ4n) is 2.76. The van der Waals surface area contributed by atoms with Crippen LogP contribution in [0.25, 0.3) is 0 Å². The molecule has 0 amide bonds. The van der Waals surface area contributed by atoms with Crippen LogP contribution in [0.1, 0.15) is 31.2 Å². The zero-order chi connectivity index (χ0) is 15.1. The highest BCUT2D eigenvalue weighted by molar-refractivity contribution is 5.16. The van der Waals surface area contributed by atoms with E-state index in [9.17, 15) is 14.6 Å². The molecule has 1 atom stereocenters. The summed E-state index contributed by atoms with van der Waals surface area (Å²) in [6.45, 7) is 0.755. The number of nitrogens with one attached hydrogen (secondary N) is 1. The van der Waals surface area contributed by atoms with Gasteiger partial charge >= 0.3 is 0 Å². The van der Waals surface area contributed by atoms with Crippen molar-refractivity contribution in [1.29, 1.82) is 0 Å². The molecule has 1 aromatic carbocycles. The molecule has 0 aliphatic heterocycles. The first-order chi connectivity index (χ1) is 10.2. The molecule has 2 rings (SSSR count). The molecule has 1 aliphatic rings. The summed E-state index contributed by atoms with van der Waals surface area (Å²) < 4.78 is 18.7. The molecular weight excluding hydrogens is 273 g/mol. The van der Waals surface area contributed by atoms with Gasteiger partial charge in [0.1, 0.15) is 5.82 Å². The van der Waals surface area contributed by atoms with E-state index in [0.29, 0.717) is 12.1 Å². The van der Waals surface area contributed by atoms with Crippen molar-refractivity contribution in [2.24, 2.45) is 0 Å². The Kier molecular flexibility index (Phi) is 6.11.